The summed E-state index contributed by atoms with van der Waals surface area (Å²) in [6.07, 6.45) is 48.4. The van der Waals surface area contributed by atoms with Crippen LogP contribution in [0.5, 0.6) is 0 Å². The first-order chi connectivity index (χ1) is 22.1. The SMILES string of the molecule is CC/C=C\C/C=C\C/C=C\C/C=C\CCCCCCCCC(=O)OC(CCCCCCCCCC)CCCCCCCC(=O)O. The van der Waals surface area contributed by atoms with Crippen molar-refractivity contribution in [2.24, 2.45) is 0 Å². The van der Waals surface area contributed by atoms with Crippen LogP contribution in [0.15, 0.2) is 48.6 Å². The number of rotatable bonds is 34. The third-order valence-corrected chi connectivity index (χ3v) is 8.32. The van der Waals surface area contributed by atoms with E-state index >= 15 is 0 Å². The molecule has 1 unspecified atom stereocenters. The minimum atomic E-state index is -0.704. The fourth-order valence-electron chi connectivity index (χ4n) is 5.53. The topological polar surface area (TPSA) is 63.6 Å². The zero-order chi connectivity index (χ0) is 32.9. The first-order valence-electron chi connectivity index (χ1n) is 19.1. The van der Waals surface area contributed by atoms with E-state index in [1.54, 1.807) is 0 Å². The first-order valence-corrected chi connectivity index (χ1v) is 19.1. The number of carbonyl (C=O) groups is 2. The van der Waals surface area contributed by atoms with Gasteiger partial charge in [-0.15, -0.1) is 0 Å². The van der Waals surface area contributed by atoms with Crippen molar-refractivity contribution in [2.45, 2.75) is 200 Å². The van der Waals surface area contributed by atoms with Crippen LogP contribution in [-0.4, -0.2) is 23.1 Å². The number of aliphatic carboxylic acids is 1. The second kappa shape index (κ2) is 36.4. The monoisotopic (exact) mass is 629 g/mol. The van der Waals surface area contributed by atoms with Gasteiger partial charge in [0.2, 0.25) is 0 Å². The molecule has 0 heterocycles. The Labute approximate surface area is 279 Å². The summed E-state index contributed by atoms with van der Waals surface area (Å²) in [6.45, 7) is 4.42. The maximum atomic E-state index is 12.6. The third kappa shape index (κ3) is 36.2. The third-order valence-electron chi connectivity index (χ3n) is 8.32. The van der Waals surface area contributed by atoms with Gasteiger partial charge in [-0.1, -0.05) is 152 Å². The van der Waals surface area contributed by atoms with Gasteiger partial charge in [0, 0.05) is 12.8 Å². The predicted octanol–water partition coefficient (Wildman–Crippen LogP) is 13.2. The first kappa shape index (κ1) is 42.9. The summed E-state index contributed by atoms with van der Waals surface area (Å²) >= 11 is 0. The smallest absolute Gasteiger partial charge is 0.306 e. The molecule has 0 radical (unpaired) electrons. The van der Waals surface area contributed by atoms with E-state index in [2.05, 4.69) is 62.5 Å². The molecule has 0 amide bonds. The fourth-order valence-corrected chi connectivity index (χ4v) is 5.53. The van der Waals surface area contributed by atoms with Gasteiger partial charge in [0.15, 0.2) is 0 Å². The molecule has 0 bridgehead atoms. The van der Waals surface area contributed by atoms with Crippen molar-refractivity contribution in [3.8, 4) is 0 Å². The zero-order valence-corrected chi connectivity index (χ0v) is 29.7. The molecule has 4 heteroatoms. The van der Waals surface area contributed by atoms with Gasteiger partial charge in [-0.3, -0.25) is 9.59 Å². The highest BCUT2D eigenvalue weighted by molar-refractivity contribution is 5.69. The average molecular weight is 629 g/mol. The fraction of sp³-hybridized carbons (Fsp3) is 0.756. The molecule has 260 valence electrons. The van der Waals surface area contributed by atoms with Crippen LogP contribution < -0.4 is 0 Å². The second-order valence-electron chi connectivity index (χ2n) is 12.7. The van der Waals surface area contributed by atoms with E-state index in [1.165, 1.54) is 70.6 Å². The lowest BCUT2D eigenvalue weighted by atomic mass is 10.0. The number of hydrogen-bond donors (Lipinski definition) is 1. The second-order valence-corrected chi connectivity index (χ2v) is 12.7. The molecule has 0 spiro atoms. The van der Waals surface area contributed by atoms with Crippen LogP contribution in [0.3, 0.4) is 0 Å². The summed E-state index contributed by atoms with van der Waals surface area (Å²) < 4.78 is 5.97. The van der Waals surface area contributed by atoms with Crippen molar-refractivity contribution in [3.05, 3.63) is 48.6 Å². The van der Waals surface area contributed by atoms with E-state index < -0.39 is 5.97 Å². The number of allylic oxidation sites excluding steroid dienone is 8. The summed E-state index contributed by atoms with van der Waals surface area (Å²) in [5, 5.41) is 8.79. The van der Waals surface area contributed by atoms with Gasteiger partial charge in [0.25, 0.3) is 0 Å². The zero-order valence-electron chi connectivity index (χ0n) is 29.7. The van der Waals surface area contributed by atoms with E-state index in [-0.39, 0.29) is 18.5 Å². The van der Waals surface area contributed by atoms with Crippen LogP contribution in [-0.2, 0) is 14.3 Å². The molecule has 0 aliphatic rings. The van der Waals surface area contributed by atoms with Crippen LogP contribution in [0.1, 0.15) is 194 Å². The minimum Gasteiger partial charge on any atom is -0.481 e. The molecule has 0 aliphatic heterocycles. The average Bonchev–Trinajstić information content (AvgIpc) is 3.02. The molecule has 0 saturated carbocycles. The number of esters is 1. The number of ether oxygens (including phenoxy) is 1. The standard InChI is InChI=1S/C41H72O4/c1-3-5-7-9-11-13-14-15-16-17-18-19-20-21-22-23-25-30-34-38-41(44)45-39(35-31-27-24-12-10-8-6-4-2)36-32-28-26-29-33-37-40(42)43/h5,7,11,13,15-16,18-19,39H,3-4,6,8-10,12,14,17,20-38H2,1-2H3,(H,42,43)/b7-5-,13-11-,16-15-,19-18-. The Balaban J connectivity index is 3.97. The number of hydrogen-bond acceptors (Lipinski definition) is 3. The van der Waals surface area contributed by atoms with E-state index in [1.807, 2.05) is 0 Å². The lowest BCUT2D eigenvalue weighted by Crippen LogP contribution is -2.18. The molecular formula is C41H72O4. The van der Waals surface area contributed by atoms with Gasteiger partial charge in [0.05, 0.1) is 0 Å². The van der Waals surface area contributed by atoms with E-state index in [0.29, 0.717) is 6.42 Å². The molecular weight excluding hydrogens is 556 g/mol. The molecule has 0 aromatic heterocycles. The Kier molecular flexibility index (Phi) is 34.7. The molecule has 4 nitrogen and oxygen atoms in total. The van der Waals surface area contributed by atoms with Gasteiger partial charge < -0.3 is 9.84 Å². The highest BCUT2D eigenvalue weighted by Crippen LogP contribution is 2.18. The molecule has 0 aliphatic carbocycles. The summed E-state index contributed by atoms with van der Waals surface area (Å²) in [5.74, 6) is -0.717. The molecule has 0 saturated heterocycles. The Bertz CT molecular complexity index is 763. The summed E-state index contributed by atoms with van der Waals surface area (Å²) in [6, 6.07) is 0. The van der Waals surface area contributed by atoms with Crippen LogP contribution in [0.25, 0.3) is 0 Å². The van der Waals surface area contributed by atoms with Crippen molar-refractivity contribution < 1.29 is 19.4 Å². The lowest BCUT2D eigenvalue weighted by molar-refractivity contribution is -0.150. The van der Waals surface area contributed by atoms with E-state index in [4.69, 9.17) is 9.84 Å². The number of unbranched alkanes of at least 4 members (excludes halogenated alkanes) is 17. The van der Waals surface area contributed by atoms with Crippen molar-refractivity contribution in [2.75, 3.05) is 0 Å². The Morgan fingerprint density at radius 3 is 1.44 bits per heavy atom. The molecule has 0 aromatic carbocycles. The van der Waals surface area contributed by atoms with Gasteiger partial charge in [-0.2, -0.15) is 0 Å². The summed E-state index contributed by atoms with van der Waals surface area (Å²) in [4.78, 5) is 23.3. The molecule has 0 rings (SSSR count). The van der Waals surface area contributed by atoms with Crippen LogP contribution >= 0.6 is 0 Å². The maximum Gasteiger partial charge on any atom is 0.306 e. The Hall–Kier alpha value is -2.10. The van der Waals surface area contributed by atoms with Crippen LogP contribution in [0.2, 0.25) is 0 Å². The summed E-state index contributed by atoms with van der Waals surface area (Å²) in [7, 11) is 0. The number of carboxylic acid groups (broad SMARTS) is 1. The normalized spacial score (nSPS) is 12.8. The predicted molar refractivity (Wildman–Crippen MR) is 195 cm³/mol. The maximum absolute atomic E-state index is 12.6. The van der Waals surface area contributed by atoms with E-state index in [9.17, 15) is 9.59 Å². The largest absolute Gasteiger partial charge is 0.481 e. The molecule has 1 N–H and O–H groups in total. The molecule has 0 fully saturated rings. The summed E-state index contributed by atoms with van der Waals surface area (Å²) in [5.41, 5.74) is 0. The van der Waals surface area contributed by atoms with Gasteiger partial charge in [-0.25, -0.2) is 0 Å². The van der Waals surface area contributed by atoms with Crippen molar-refractivity contribution in [1.29, 1.82) is 0 Å². The highest BCUT2D eigenvalue weighted by Gasteiger charge is 2.14. The van der Waals surface area contributed by atoms with Gasteiger partial charge in [0.1, 0.15) is 6.10 Å². The Morgan fingerprint density at radius 2 is 0.933 bits per heavy atom. The van der Waals surface area contributed by atoms with Crippen molar-refractivity contribution in [3.63, 3.8) is 0 Å². The van der Waals surface area contributed by atoms with Crippen molar-refractivity contribution >= 4 is 11.9 Å². The van der Waals surface area contributed by atoms with Crippen molar-refractivity contribution in [1.82, 2.24) is 0 Å². The van der Waals surface area contributed by atoms with Crippen LogP contribution in [0, 0.1) is 0 Å². The van der Waals surface area contributed by atoms with Gasteiger partial charge >= 0.3 is 11.9 Å². The molecule has 0 aromatic rings. The minimum absolute atomic E-state index is 0.0136. The van der Waals surface area contributed by atoms with E-state index in [0.717, 1.165) is 96.3 Å². The number of carboxylic acids is 1. The quantitative estimate of drug-likeness (QED) is 0.0437. The molecule has 1 atom stereocenters. The number of carbonyl (C=O) groups excluding carboxylic acids is 1. The molecule has 45 heavy (non-hydrogen) atoms. The Morgan fingerprint density at radius 1 is 0.511 bits per heavy atom. The highest BCUT2D eigenvalue weighted by atomic mass is 16.5. The van der Waals surface area contributed by atoms with Crippen LogP contribution in [0.4, 0.5) is 0 Å². The van der Waals surface area contributed by atoms with Gasteiger partial charge in [-0.05, 0) is 77.0 Å². The lowest BCUT2D eigenvalue weighted by Gasteiger charge is -2.18.